The number of carboxylic acids is 1. The third kappa shape index (κ3) is 5.30. The second kappa shape index (κ2) is 10.5. The normalized spacial score (nSPS) is 13.8. The largest absolute Gasteiger partial charge is 0.480 e. The number of amides is 1. The number of carboxylic acid groups (broad SMARTS) is 1. The molecule has 0 aliphatic rings. The molecule has 3 rings (SSSR count). The van der Waals surface area contributed by atoms with E-state index in [4.69, 9.17) is 9.15 Å². The lowest BCUT2D eigenvalue weighted by atomic mass is 9.98. The Balaban J connectivity index is 1.86. The molecule has 0 spiro atoms. The monoisotopic (exact) mass is 465 g/mol. The Morgan fingerprint density at radius 3 is 2.35 bits per heavy atom. The molecule has 7 nitrogen and oxygen atoms in total. The number of nitrogens with one attached hydrogen (secondary N) is 1. The zero-order chi connectivity index (χ0) is 25.0. The van der Waals surface area contributed by atoms with Gasteiger partial charge in [0.15, 0.2) is 6.10 Å². The molecule has 0 bridgehead atoms. The van der Waals surface area contributed by atoms with E-state index in [-0.39, 0.29) is 5.92 Å². The molecule has 1 amide bonds. The minimum absolute atomic E-state index is 0.224. The fourth-order valence-corrected chi connectivity index (χ4v) is 3.90. The van der Waals surface area contributed by atoms with E-state index in [0.29, 0.717) is 35.3 Å². The van der Waals surface area contributed by atoms with Gasteiger partial charge in [0.2, 0.25) is 0 Å². The second-order valence-corrected chi connectivity index (χ2v) is 8.69. The molecular formula is C27H31NO6. The van der Waals surface area contributed by atoms with Gasteiger partial charge in [-0.2, -0.15) is 0 Å². The summed E-state index contributed by atoms with van der Waals surface area (Å²) in [7, 11) is 0. The lowest BCUT2D eigenvalue weighted by molar-refractivity contribution is -0.144. The van der Waals surface area contributed by atoms with Gasteiger partial charge >= 0.3 is 11.6 Å². The number of hydrogen-bond acceptors (Lipinski definition) is 5. The number of fused-ring (bicyclic) bond motifs is 1. The molecule has 0 saturated carbocycles. The molecule has 0 unspecified atom stereocenters. The van der Waals surface area contributed by atoms with Gasteiger partial charge in [-0.15, -0.1) is 0 Å². The van der Waals surface area contributed by atoms with Crippen LogP contribution in [0.25, 0.3) is 11.0 Å². The summed E-state index contributed by atoms with van der Waals surface area (Å²) in [5.74, 6) is -1.44. The molecule has 34 heavy (non-hydrogen) atoms. The number of hydrogen-bond donors (Lipinski definition) is 2. The summed E-state index contributed by atoms with van der Waals surface area (Å²) >= 11 is 0. The van der Waals surface area contributed by atoms with Crippen LogP contribution in [0.3, 0.4) is 0 Å². The number of ether oxygens (including phenoxy) is 1. The van der Waals surface area contributed by atoms with Crippen LogP contribution in [0.15, 0.2) is 51.7 Å². The number of aliphatic carboxylic acids is 1. The number of aryl methyl sites for hydroxylation is 2. The summed E-state index contributed by atoms with van der Waals surface area (Å²) in [6.45, 7) is 8.86. The Labute approximate surface area is 198 Å². The van der Waals surface area contributed by atoms with Crippen LogP contribution in [0.4, 0.5) is 0 Å². The van der Waals surface area contributed by atoms with Crippen molar-refractivity contribution in [3.05, 3.63) is 75.1 Å². The highest BCUT2D eigenvalue weighted by Gasteiger charge is 2.28. The predicted molar refractivity (Wildman–Crippen MR) is 130 cm³/mol. The second-order valence-electron chi connectivity index (χ2n) is 8.69. The van der Waals surface area contributed by atoms with Crippen LogP contribution in [0.5, 0.6) is 5.75 Å². The molecule has 3 atom stereocenters. The first kappa shape index (κ1) is 25.0. The van der Waals surface area contributed by atoms with Crippen molar-refractivity contribution >= 4 is 22.8 Å². The van der Waals surface area contributed by atoms with E-state index in [2.05, 4.69) is 5.32 Å². The number of benzene rings is 2. The molecule has 0 saturated heterocycles. The smallest absolute Gasteiger partial charge is 0.340 e. The van der Waals surface area contributed by atoms with Crippen LogP contribution < -0.4 is 15.7 Å². The van der Waals surface area contributed by atoms with Gasteiger partial charge in [-0.3, -0.25) is 4.79 Å². The van der Waals surface area contributed by atoms with E-state index in [1.165, 1.54) is 0 Å². The van der Waals surface area contributed by atoms with E-state index < -0.39 is 29.6 Å². The van der Waals surface area contributed by atoms with E-state index >= 15 is 0 Å². The molecule has 2 aromatic carbocycles. The molecule has 0 aliphatic heterocycles. The van der Waals surface area contributed by atoms with Crippen molar-refractivity contribution < 1.29 is 23.8 Å². The molecular weight excluding hydrogens is 434 g/mol. The first-order valence-corrected chi connectivity index (χ1v) is 11.4. The van der Waals surface area contributed by atoms with Crippen molar-refractivity contribution in [3.8, 4) is 5.75 Å². The molecule has 1 heterocycles. The van der Waals surface area contributed by atoms with Gasteiger partial charge in [0.1, 0.15) is 17.4 Å². The molecule has 1 aromatic heterocycles. The zero-order valence-electron chi connectivity index (χ0n) is 20.2. The first-order valence-electron chi connectivity index (χ1n) is 11.4. The maximum atomic E-state index is 12.8. The fraction of sp³-hybridized carbons (Fsp3) is 0.370. The quantitative estimate of drug-likeness (QED) is 0.454. The Hall–Kier alpha value is -3.61. The highest BCUT2D eigenvalue weighted by atomic mass is 16.5. The topological polar surface area (TPSA) is 106 Å². The minimum atomic E-state index is -1.08. The van der Waals surface area contributed by atoms with Crippen molar-refractivity contribution in [2.75, 3.05) is 0 Å². The third-order valence-corrected chi connectivity index (χ3v) is 6.33. The highest BCUT2D eigenvalue weighted by Crippen LogP contribution is 2.30. The van der Waals surface area contributed by atoms with Crippen LogP contribution >= 0.6 is 0 Å². The maximum Gasteiger partial charge on any atom is 0.340 e. The van der Waals surface area contributed by atoms with Gasteiger partial charge in [-0.1, -0.05) is 50.6 Å². The molecule has 2 N–H and O–H groups in total. The Morgan fingerprint density at radius 2 is 1.74 bits per heavy atom. The van der Waals surface area contributed by atoms with Crippen LogP contribution in [-0.2, 0) is 16.0 Å². The van der Waals surface area contributed by atoms with Crippen molar-refractivity contribution in [1.82, 2.24) is 5.32 Å². The average molecular weight is 466 g/mol. The number of rotatable bonds is 9. The molecule has 0 radical (unpaired) electrons. The minimum Gasteiger partial charge on any atom is -0.480 e. The summed E-state index contributed by atoms with van der Waals surface area (Å²) in [6, 6.07) is 12.3. The van der Waals surface area contributed by atoms with Crippen molar-refractivity contribution in [2.24, 2.45) is 5.92 Å². The van der Waals surface area contributed by atoms with E-state index in [0.717, 1.165) is 16.5 Å². The van der Waals surface area contributed by atoms with Crippen LogP contribution in [0.2, 0.25) is 0 Å². The Bertz CT molecular complexity index is 1250. The van der Waals surface area contributed by atoms with Gasteiger partial charge in [0.25, 0.3) is 5.91 Å². The summed E-state index contributed by atoms with van der Waals surface area (Å²) in [4.78, 5) is 36.9. The van der Waals surface area contributed by atoms with E-state index in [1.54, 1.807) is 26.8 Å². The standard InChI is InChI=1S/C27H31NO6/c1-6-15(2)23(26(30)31)28-25(29)18(5)33-22-13-12-20-16(3)21(14-19-10-8-7-9-11-19)27(32)34-24(20)17(22)4/h7-13,15,18,23H,6,14H2,1-5H3,(H,28,29)(H,30,31)/t15-,18-,23-/m0/s1. The zero-order valence-corrected chi connectivity index (χ0v) is 20.2. The Morgan fingerprint density at radius 1 is 1.06 bits per heavy atom. The van der Waals surface area contributed by atoms with Crippen LogP contribution in [0, 0.1) is 19.8 Å². The van der Waals surface area contributed by atoms with Gasteiger partial charge < -0.3 is 19.6 Å². The Kier molecular flexibility index (Phi) is 7.76. The third-order valence-electron chi connectivity index (χ3n) is 6.33. The first-order chi connectivity index (χ1) is 16.1. The molecule has 3 aromatic rings. The molecule has 0 aliphatic carbocycles. The highest BCUT2D eigenvalue weighted by molar-refractivity contribution is 5.88. The SMILES string of the molecule is CC[C@H](C)[C@H](NC(=O)[C@H](C)Oc1ccc2c(C)c(Cc3ccccc3)c(=O)oc2c1C)C(=O)O. The maximum absolute atomic E-state index is 12.8. The van der Waals surface area contributed by atoms with Crippen LogP contribution in [0.1, 0.15) is 49.4 Å². The van der Waals surface area contributed by atoms with Gasteiger partial charge in [-0.05, 0) is 49.9 Å². The van der Waals surface area contributed by atoms with Gasteiger partial charge in [-0.25, -0.2) is 9.59 Å². The van der Waals surface area contributed by atoms with Gasteiger partial charge in [0, 0.05) is 22.9 Å². The summed E-state index contributed by atoms with van der Waals surface area (Å²) in [6.07, 6.45) is 0.147. The summed E-state index contributed by atoms with van der Waals surface area (Å²) in [5, 5.41) is 12.8. The lowest BCUT2D eigenvalue weighted by Gasteiger charge is -2.23. The summed E-state index contributed by atoms with van der Waals surface area (Å²) < 4.78 is 11.5. The van der Waals surface area contributed by atoms with Crippen LogP contribution in [-0.4, -0.2) is 29.1 Å². The van der Waals surface area contributed by atoms with Crippen molar-refractivity contribution in [1.29, 1.82) is 0 Å². The molecule has 7 heteroatoms. The van der Waals surface area contributed by atoms with E-state index in [9.17, 15) is 19.5 Å². The molecule has 180 valence electrons. The van der Waals surface area contributed by atoms with Crippen molar-refractivity contribution in [3.63, 3.8) is 0 Å². The summed E-state index contributed by atoms with van der Waals surface area (Å²) in [5.41, 5.74) is 3.06. The lowest BCUT2D eigenvalue weighted by Crippen LogP contribution is -2.49. The predicted octanol–water partition coefficient (Wildman–Crippen LogP) is 4.38. The van der Waals surface area contributed by atoms with Gasteiger partial charge in [0.05, 0.1) is 0 Å². The number of carbonyl (C=O) groups is 2. The average Bonchev–Trinajstić information content (AvgIpc) is 2.82. The molecule has 0 fully saturated rings. The number of carbonyl (C=O) groups excluding carboxylic acids is 1. The van der Waals surface area contributed by atoms with E-state index in [1.807, 2.05) is 50.2 Å². The van der Waals surface area contributed by atoms with Crippen molar-refractivity contribution in [2.45, 2.75) is 59.6 Å². The fourth-order valence-electron chi connectivity index (χ4n) is 3.90.